The average molecular weight is 372 g/mol. The fourth-order valence-corrected chi connectivity index (χ4v) is 3.69. The number of para-hydroxylation sites is 1. The molecule has 4 aromatic carbocycles. The Morgan fingerprint density at radius 1 is 0.517 bits per heavy atom. The lowest BCUT2D eigenvalue weighted by molar-refractivity contribution is 1.22. The Balaban J connectivity index is 1.72. The highest BCUT2D eigenvalue weighted by Crippen LogP contribution is 2.31. The molecule has 5 aromatic rings. The summed E-state index contributed by atoms with van der Waals surface area (Å²) in [6.07, 6.45) is 0. The number of hydrogen-bond donors (Lipinski definition) is 0. The fourth-order valence-electron chi connectivity index (χ4n) is 3.69. The van der Waals surface area contributed by atoms with Crippen LogP contribution in [0.15, 0.2) is 103 Å². The Morgan fingerprint density at radius 2 is 1.21 bits per heavy atom. The van der Waals surface area contributed by atoms with Gasteiger partial charge in [-0.3, -0.25) is 0 Å². The van der Waals surface area contributed by atoms with Crippen LogP contribution in [-0.4, -0.2) is 9.97 Å². The second kappa shape index (κ2) is 7.33. The van der Waals surface area contributed by atoms with Gasteiger partial charge in [0.1, 0.15) is 0 Å². The highest BCUT2D eigenvalue weighted by Gasteiger charge is 2.12. The van der Waals surface area contributed by atoms with Crippen LogP contribution in [0.2, 0.25) is 0 Å². The van der Waals surface area contributed by atoms with Gasteiger partial charge in [-0.2, -0.15) is 0 Å². The van der Waals surface area contributed by atoms with Crippen LogP contribution in [0, 0.1) is 6.92 Å². The molecule has 0 aliphatic rings. The van der Waals surface area contributed by atoms with Gasteiger partial charge in [-0.05, 0) is 36.2 Å². The summed E-state index contributed by atoms with van der Waals surface area (Å²) in [5.41, 5.74) is 7.64. The summed E-state index contributed by atoms with van der Waals surface area (Å²) in [7, 11) is 0. The summed E-state index contributed by atoms with van der Waals surface area (Å²) in [6.45, 7) is 2.09. The Hall–Kier alpha value is -3.78. The van der Waals surface area contributed by atoms with Gasteiger partial charge < -0.3 is 0 Å². The number of rotatable bonds is 3. The van der Waals surface area contributed by atoms with Crippen molar-refractivity contribution in [3.8, 4) is 33.8 Å². The van der Waals surface area contributed by atoms with E-state index in [1.165, 1.54) is 16.7 Å². The number of benzene rings is 4. The Labute approximate surface area is 170 Å². The zero-order chi connectivity index (χ0) is 19.6. The smallest absolute Gasteiger partial charge is 0.160 e. The van der Waals surface area contributed by atoms with E-state index in [4.69, 9.17) is 9.97 Å². The predicted molar refractivity (Wildman–Crippen MR) is 121 cm³/mol. The number of hydrogen-bond acceptors (Lipinski definition) is 2. The van der Waals surface area contributed by atoms with Crippen LogP contribution in [0.25, 0.3) is 44.7 Å². The van der Waals surface area contributed by atoms with Crippen molar-refractivity contribution in [3.63, 3.8) is 0 Å². The van der Waals surface area contributed by atoms with Crippen LogP contribution in [0.5, 0.6) is 0 Å². The van der Waals surface area contributed by atoms with Crippen molar-refractivity contribution in [3.05, 3.63) is 109 Å². The first kappa shape index (κ1) is 17.3. The molecule has 0 saturated carbocycles. The maximum atomic E-state index is 5.01. The molecule has 0 fully saturated rings. The highest BCUT2D eigenvalue weighted by molar-refractivity contribution is 5.94. The summed E-state index contributed by atoms with van der Waals surface area (Å²) >= 11 is 0. The van der Waals surface area contributed by atoms with Gasteiger partial charge >= 0.3 is 0 Å². The molecular formula is C27H20N2. The first-order valence-corrected chi connectivity index (χ1v) is 9.78. The standard InChI is InChI=1S/C27H20N2/c1-19-9-7-14-23(17-19)27-28-25-16-6-5-15-24(25)26(29-27)22-13-8-12-21(18-22)20-10-3-2-4-11-20/h2-18H,1H3. The predicted octanol–water partition coefficient (Wildman–Crippen LogP) is 6.94. The minimum absolute atomic E-state index is 0.757. The average Bonchev–Trinajstić information content (AvgIpc) is 2.79. The van der Waals surface area contributed by atoms with Crippen molar-refractivity contribution in [2.45, 2.75) is 6.92 Å². The monoisotopic (exact) mass is 372 g/mol. The molecule has 2 nitrogen and oxygen atoms in total. The molecule has 138 valence electrons. The third-order valence-electron chi connectivity index (χ3n) is 5.12. The molecule has 5 rings (SSSR count). The zero-order valence-corrected chi connectivity index (χ0v) is 16.2. The lowest BCUT2D eigenvalue weighted by Crippen LogP contribution is -1.95. The third kappa shape index (κ3) is 3.41. The molecule has 29 heavy (non-hydrogen) atoms. The lowest BCUT2D eigenvalue weighted by atomic mass is 9.99. The first-order chi connectivity index (χ1) is 14.3. The molecule has 0 bridgehead atoms. The Morgan fingerprint density at radius 3 is 2.07 bits per heavy atom. The van der Waals surface area contributed by atoms with Gasteiger partial charge in [0, 0.05) is 16.5 Å². The first-order valence-electron chi connectivity index (χ1n) is 9.78. The van der Waals surface area contributed by atoms with Crippen molar-refractivity contribution in [2.24, 2.45) is 0 Å². The van der Waals surface area contributed by atoms with E-state index >= 15 is 0 Å². The molecule has 0 saturated heterocycles. The second-order valence-corrected chi connectivity index (χ2v) is 7.23. The van der Waals surface area contributed by atoms with Gasteiger partial charge in [0.05, 0.1) is 11.2 Å². The van der Waals surface area contributed by atoms with Crippen LogP contribution in [0.4, 0.5) is 0 Å². The number of aromatic nitrogens is 2. The van der Waals surface area contributed by atoms with Crippen LogP contribution in [0.3, 0.4) is 0 Å². The van der Waals surface area contributed by atoms with Crippen molar-refractivity contribution < 1.29 is 0 Å². The molecule has 0 aliphatic heterocycles. The Kier molecular flexibility index (Phi) is 4.38. The van der Waals surface area contributed by atoms with Gasteiger partial charge in [0.15, 0.2) is 5.82 Å². The Bertz CT molecular complexity index is 1310. The van der Waals surface area contributed by atoms with Gasteiger partial charge in [0.2, 0.25) is 0 Å². The van der Waals surface area contributed by atoms with Crippen LogP contribution in [0.1, 0.15) is 5.56 Å². The van der Waals surface area contributed by atoms with Gasteiger partial charge in [0.25, 0.3) is 0 Å². The summed E-state index contributed by atoms with van der Waals surface area (Å²) in [5.74, 6) is 0.757. The zero-order valence-electron chi connectivity index (χ0n) is 16.2. The van der Waals surface area contributed by atoms with E-state index < -0.39 is 0 Å². The quantitative estimate of drug-likeness (QED) is 0.343. The summed E-state index contributed by atoms with van der Waals surface area (Å²) in [6, 6.07) is 35.6. The van der Waals surface area contributed by atoms with E-state index in [-0.39, 0.29) is 0 Å². The summed E-state index contributed by atoms with van der Waals surface area (Å²) in [4.78, 5) is 9.85. The second-order valence-electron chi connectivity index (χ2n) is 7.23. The lowest BCUT2D eigenvalue weighted by Gasteiger charge is -2.11. The molecule has 0 aliphatic carbocycles. The summed E-state index contributed by atoms with van der Waals surface area (Å²) in [5, 5.41) is 1.06. The molecule has 0 unspecified atom stereocenters. The van der Waals surface area contributed by atoms with E-state index in [0.717, 1.165) is 33.5 Å². The highest BCUT2D eigenvalue weighted by atomic mass is 14.9. The molecule has 0 amide bonds. The van der Waals surface area contributed by atoms with Crippen LogP contribution >= 0.6 is 0 Å². The van der Waals surface area contributed by atoms with Crippen molar-refractivity contribution in [1.29, 1.82) is 0 Å². The van der Waals surface area contributed by atoms with E-state index in [0.29, 0.717) is 0 Å². The number of fused-ring (bicyclic) bond motifs is 1. The topological polar surface area (TPSA) is 25.8 Å². The maximum Gasteiger partial charge on any atom is 0.160 e. The van der Waals surface area contributed by atoms with E-state index in [1.807, 2.05) is 18.2 Å². The normalized spacial score (nSPS) is 10.9. The van der Waals surface area contributed by atoms with Gasteiger partial charge in [-0.25, -0.2) is 9.97 Å². The van der Waals surface area contributed by atoms with Crippen LogP contribution in [-0.2, 0) is 0 Å². The van der Waals surface area contributed by atoms with Gasteiger partial charge in [-0.1, -0.05) is 90.5 Å². The van der Waals surface area contributed by atoms with Gasteiger partial charge in [-0.15, -0.1) is 0 Å². The van der Waals surface area contributed by atoms with E-state index in [1.54, 1.807) is 0 Å². The van der Waals surface area contributed by atoms with E-state index in [9.17, 15) is 0 Å². The minimum atomic E-state index is 0.757. The van der Waals surface area contributed by atoms with Crippen LogP contribution < -0.4 is 0 Å². The molecule has 1 heterocycles. The van der Waals surface area contributed by atoms with Crippen molar-refractivity contribution in [2.75, 3.05) is 0 Å². The third-order valence-corrected chi connectivity index (χ3v) is 5.12. The minimum Gasteiger partial charge on any atom is -0.228 e. The number of nitrogens with zero attached hydrogens (tertiary/aromatic N) is 2. The SMILES string of the molecule is Cc1cccc(-c2nc(-c3cccc(-c4ccccc4)c3)c3ccccc3n2)c1. The molecule has 0 spiro atoms. The molecule has 0 N–H and O–H groups in total. The maximum absolute atomic E-state index is 5.01. The molecular weight excluding hydrogens is 352 g/mol. The largest absolute Gasteiger partial charge is 0.228 e. The molecule has 0 radical (unpaired) electrons. The molecule has 0 atom stereocenters. The van der Waals surface area contributed by atoms with Crippen molar-refractivity contribution in [1.82, 2.24) is 9.97 Å². The van der Waals surface area contributed by atoms with Crippen molar-refractivity contribution >= 4 is 10.9 Å². The number of aryl methyl sites for hydroxylation is 1. The fraction of sp³-hybridized carbons (Fsp3) is 0.0370. The molecule has 2 heteroatoms. The molecule has 1 aromatic heterocycles. The summed E-state index contributed by atoms with van der Waals surface area (Å²) < 4.78 is 0. The van der Waals surface area contributed by atoms with E-state index in [2.05, 4.69) is 91.9 Å².